The number of hydrogen-bond donors (Lipinski definition) is 0. The van der Waals surface area contributed by atoms with Gasteiger partial charge in [-0.1, -0.05) is 103 Å². The van der Waals surface area contributed by atoms with E-state index in [1.54, 1.807) is 22.7 Å². The third-order valence-electron chi connectivity index (χ3n) is 10.6. The van der Waals surface area contributed by atoms with Crippen LogP contribution >= 0.6 is 22.7 Å². The van der Waals surface area contributed by atoms with Crippen molar-refractivity contribution in [2.75, 3.05) is 0 Å². The molecule has 6 nitrogen and oxygen atoms in total. The Kier molecular flexibility index (Phi) is 7.17. The van der Waals surface area contributed by atoms with Crippen LogP contribution in [0.25, 0.3) is 119 Å². The van der Waals surface area contributed by atoms with Crippen molar-refractivity contribution in [3.05, 3.63) is 164 Å². The average molecular weight is 766 g/mol. The lowest BCUT2D eigenvalue weighted by Gasteiger charge is -2.09. The van der Waals surface area contributed by atoms with Crippen LogP contribution in [0.1, 0.15) is 0 Å². The summed E-state index contributed by atoms with van der Waals surface area (Å²) in [5.41, 5.74) is 8.14. The quantitative estimate of drug-likeness (QED) is 0.174. The van der Waals surface area contributed by atoms with Crippen molar-refractivity contribution in [3.8, 4) is 56.8 Å². The molecule has 57 heavy (non-hydrogen) atoms. The fourth-order valence-electron chi connectivity index (χ4n) is 7.78. The maximum Gasteiger partial charge on any atom is 0.164 e. The maximum absolute atomic E-state index is 6.51. The molecular formula is C49H27N5OS2. The minimum atomic E-state index is 0.597. The predicted octanol–water partition coefficient (Wildman–Crippen LogP) is 13.6. The molecule has 0 N–H and O–H groups in total. The Labute approximate surface area is 333 Å². The van der Waals surface area contributed by atoms with Gasteiger partial charge in [-0.2, -0.15) is 0 Å². The van der Waals surface area contributed by atoms with E-state index in [9.17, 15) is 0 Å². The first kappa shape index (κ1) is 32.1. The standard InChI is InChI=1S/C49H27N5OS2/c1-3-11-28(12-4-1)43-45-44(35-16-8-10-18-41(35)57-45)51-47(50-43)32-19-22-33-36-25-30(20-23-38(36)55-39(33)27-32)48-52-46(29-13-5-2-6-14-29)53-49(54-48)31-21-24-42-37(26-31)34-15-7-9-17-40(34)56-42/h1-27H. The van der Waals surface area contributed by atoms with Gasteiger partial charge in [0.25, 0.3) is 0 Å². The summed E-state index contributed by atoms with van der Waals surface area (Å²) in [6, 6.07) is 56.3. The van der Waals surface area contributed by atoms with E-state index in [1.807, 2.05) is 48.5 Å². The van der Waals surface area contributed by atoms with Crippen LogP contribution in [0.3, 0.4) is 0 Å². The molecule has 0 aliphatic rings. The Morgan fingerprint density at radius 1 is 0.333 bits per heavy atom. The molecule has 266 valence electrons. The minimum Gasteiger partial charge on any atom is -0.456 e. The zero-order valence-corrected chi connectivity index (χ0v) is 31.7. The lowest BCUT2D eigenvalue weighted by Crippen LogP contribution is -2.00. The van der Waals surface area contributed by atoms with Crippen LogP contribution in [-0.4, -0.2) is 24.9 Å². The zero-order valence-electron chi connectivity index (χ0n) is 30.0. The second-order valence-electron chi connectivity index (χ2n) is 14.0. The number of thiophene rings is 2. The van der Waals surface area contributed by atoms with Crippen molar-refractivity contribution in [3.63, 3.8) is 0 Å². The van der Waals surface area contributed by atoms with Gasteiger partial charge in [0, 0.05) is 68.8 Å². The molecule has 8 heteroatoms. The molecule has 0 bridgehead atoms. The SMILES string of the molecule is c1ccc(-c2nc(-c3ccc4oc5cc(-c6nc(-c7ccccc7)c7sc8ccccc8c7n6)ccc5c4c3)nc(-c3ccc4sc5ccccc5c4c3)n2)cc1. The number of rotatable bonds is 5. The molecule has 0 atom stereocenters. The van der Waals surface area contributed by atoms with E-state index < -0.39 is 0 Å². The van der Waals surface area contributed by atoms with Crippen LogP contribution in [0.15, 0.2) is 168 Å². The van der Waals surface area contributed by atoms with Crippen molar-refractivity contribution in [2.45, 2.75) is 0 Å². The largest absolute Gasteiger partial charge is 0.456 e. The summed E-state index contributed by atoms with van der Waals surface area (Å²) in [6.07, 6.45) is 0. The summed E-state index contributed by atoms with van der Waals surface area (Å²) < 4.78 is 11.3. The van der Waals surface area contributed by atoms with Gasteiger partial charge in [0.15, 0.2) is 23.3 Å². The summed E-state index contributed by atoms with van der Waals surface area (Å²) in [5, 5.41) is 5.54. The Bertz CT molecular complexity index is 3540. The van der Waals surface area contributed by atoms with E-state index in [4.69, 9.17) is 29.3 Å². The molecule has 0 saturated carbocycles. The smallest absolute Gasteiger partial charge is 0.164 e. The summed E-state index contributed by atoms with van der Waals surface area (Å²) in [4.78, 5) is 25.5. The van der Waals surface area contributed by atoms with Crippen molar-refractivity contribution in [2.24, 2.45) is 0 Å². The second-order valence-corrected chi connectivity index (χ2v) is 16.2. The van der Waals surface area contributed by atoms with Gasteiger partial charge in [-0.15, -0.1) is 22.7 Å². The second kappa shape index (κ2) is 12.7. The Hall–Kier alpha value is -7.13. The average Bonchev–Trinajstić information content (AvgIpc) is 3.97. The van der Waals surface area contributed by atoms with Crippen molar-refractivity contribution >= 4 is 85.1 Å². The Morgan fingerprint density at radius 3 is 1.67 bits per heavy atom. The summed E-state index contributed by atoms with van der Waals surface area (Å²) in [6.45, 7) is 0. The highest BCUT2D eigenvalue weighted by molar-refractivity contribution is 7.26. The Balaban J connectivity index is 0.989. The highest BCUT2D eigenvalue weighted by atomic mass is 32.1. The van der Waals surface area contributed by atoms with Crippen LogP contribution < -0.4 is 0 Å². The normalized spacial score (nSPS) is 11.9. The maximum atomic E-state index is 6.51. The topological polar surface area (TPSA) is 77.6 Å². The number of benzene rings is 7. The molecule has 0 saturated heterocycles. The fourth-order valence-corrected chi connectivity index (χ4v) is 10.0. The molecule has 12 aromatic rings. The molecule has 0 unspecified atom stereocenters. The molecule has 0 radical (unpaired) electrons. The van der Waals surface area contributed by atoms with E-state index in [-0.39, 0.29) is 0 Å². The number of aromatic nitrogens is 5. The van der Waals surface area contributed by atoms with Crippen LogP contribution in [0.2, 0.25) is 0 Å². The molecule has 0 spiro atoms. The van der Waals surface area contributed by atoms with E-state index in [1.165, 1.54) is 24.9 Å². The molecule has 0 fully saturated rings. The van der Waals surface area contributed by atoms with Crippen molar-refractivity contribution < 1.29 is 4.42 Å². The van der Waals surface area contributed by atoms with E-state index >= 15 is 0 Å². The minimum absolute atomic E-state index is 0.597. The first-order valence-electron chi connectivity index (χ1n) is 18.7. The van der Waals surface area contributed by atoms with Crippen molar-refractivity contribution in [1.29, 1.82) is 0 Å². The van der Waals surface area contributed by atoms with Gasteiger partial charge in [-0.25, -0.2) is 24.9 Å². The van der Waals surface area contributed by atoms with E-state index in [0.717, 1.165) is 71.1 Å². The van der Waals surface area contributed by atoms with Gasteiger partial charge in [-0.05, 0) is 60.7 Å². The molecule has 0 amide bonds. The third kappa shape index (κ3) is 5.33. The molecule has 0 aliphatic carbocycles. The zero-order chi connectivity index (χ0) is 37.5. The van der Waals surface area contributed by atoms with Crippen LogP contribution in [0.4, 0.5) is 0 Å². The van der Waals surface area contributed by atoms with Gasteiger partial charge < -0.3 is 4.42 Å². The molecule has 5 heterocycles. The summed E-state index contributed by atoms with van der Waals surface area (Å²) in [5.74, 6) is 2.51. The van der Waals surface area contributed by atoms with E-state index in [0.29, 0.717) is 23.3 Å². The number of nitrogens with zero attached hydrogens (tertiary/aromatic N) is 5. The van der Waals surface area contributed by atoms with Crippen LogP contribution in [0.5, 0.6) is 0 Å². The highest BCUT2D eigenvalue weighted by Gasteiger charge is 2.19. The third-order valence-corrected chi connectivity index (χ3v) is 12.9. The lowest BCUT2D eigenvalue weighted by molar-refractivity contribution is 0.669. The fraction of sp³-hybridized carbons (Fsp3) is 0. The molecule has 5 aromatic heterocycles. The Morgan fingerprint density at radius 2 is 0.895 bits per heavy atom. The number of hydrogen-bond acceptors (Lipinski definition) is 8. The van der Waals surface area contributed by atoms with Gasteiger partial charge in [0.05, 0.1) is 15.9 Å². The number of fused-ring (bicyclic) bond motifs is 9. The lowest BCUT2D eigenvalue weighted by atomic mass is 10.1. The van der Waals surface area contributed by atoms with Crippen LogP contribution in [-0.2, 0) is 0 Å². The van der Waals surface area contributed by atoms with Gasteiger partial charge in [0.1, 0.15) is 11.2 Å². The van der Waals surface area contributed by atoms with Gasteiger partial charge >= 0.3 is 0 Å². The first-order valence-corrected chi connectivity index (χ1v) is 20.3. The molecule has 0 aliphatic heterocycles. The summed E-state index contributed by atoms with van der Waals surface area (Å²) >= 11 is 3.53. The monoisotopic (exact) mass is 765 g/mol. The molecule has 7 aromatic carbocycles. The molecular weight excluding hydrogens is 739 g/mol. The van der Waals surface area contributed by atoms with Crippen molar-refractivity contribution in [1.82, 2.24) is 24.9 Å². The first-order chi connectivity index (χ1) is 28.2. The van der Waals surface area contributed by atoms with Gasteiger partial charge in [-0.3, -0.25) is 0 Å². The number of furan rings is 1. The van der Waals surface area contributed by atoms with Gasteiger partial charge in [0.2, 0.25) is 0 Å². The predicted molar refractivity (Wildman–Crippen MR) is 236 cm³/mol. The van der Waals surface area contributed by atoms with E-state index in [2.05, 4.69) is 115 Å². The summed E-state index contributed by atoms with van der Waals surface area (Å²) in [7, 11) is 0. The highest BCUT2D eigenvalue weighted by Crippen LogP contribution is 2.41. The van der Waals surface area contributed by atoms with Crippen LogP contribution in [0, 0.1) is 0 Å². The molecule has 12 rings (SSSR count).